The van der Waals surface area contributed by atoms with Gasteiger partial charge in [0, 0.05) is 18.1 Å². The fourth-order valence-electron chi connectivity index (χ4n) is 1.27. The second-order valence-electron chi connectivity index (χ2n) is 3.26. The second-order valence-corrected chi connectivity index (χ2v) is 3.70. The zero-order chi connectivity index (χ0) is 12.3. The number of nitrogen functional groups attached to an aromatic ring is 1. The maximum Gasteiger partial charge on any atom is 0.226 e. The van der Waals surface area contributed by atoms with Crippen molar-refractivity contribution in [2.75, 3.05) is 18.1 Å². The average Bonchev–Trinajstić information content (AvgIpc) is 2.28. The van der Waals surface area contributed by atoms with E-state index >= 15 is 0 Å². The number of nitrogens with two attached hydrogens (primary N) is 1. The van der Waals surface area contributed by atoms with Crippen LogP contribution < -0.4 is 15.8 Å². The monoisotopic (exact) mass is 250 g/mol. The fraction of sp³-hybridized carbons (Fsp3) is 0.0909. The molecule has 0 saturated carbocycles. The molecule has 0 amide bonds. The minimum Gasteiger partial charge on any atom is -0.439 e. The van der Waals surface area contributed by atoms with Crippen LogP contribution in [0.3, 0.4) is 0 Å². The molecular weight excluding hydrogens is 240 g/mol. The first kappa shape index (κ1) is 11.5. The maximum absolute atomic E-state index is 5.85. The molecule has 1 aromatic heterocycles. The van der Waals surface area contributed by atoms with Crippen molar-refractivity contribution in [1.29, 1.82) is 0 Å². The standard InChI is InChI=1S/C11H11ClN4O/c1-14-9-6-10(16-11(13)15-9)17-8-4-2-3-7(12)5-8/h2-6H,1H3,(H3,13,14,15,16). The third kappa shape index (κ3) is 2.98. The predicted molar refractivity (Wildman–Crippen MR) is 67.5 cm³/mol. The van der Waals surface area contributed by atoms with Crippen molar-refractivity contribution in [2.45, 2.75) is 0 Å². The van der Waals surface area contributed by atoms with Crippen LogP contribution in [0.1, 0.15) is 0 Å². The number of rotatable bonds is 3. The summed E-state index contributed by atoms with van der Waals surface area (Å²) < 4.78 is 5.53. The van der Waals surface area contributed by atoms with Gasteiger partial charge in [-0.2, -0.15) is 9.97 Å². The number of halogens is 1. The van der Waals surface area contributed by atoms with Crippen molar-refractivity contribution in [3.8, 4) is 11.6 Å². The van der Waals surface area contributed by atoms with Gasteiger partial charge in [0.25, 0.3) is 0 Å². The van der Waals surface area contributed by atoms with E-state index in [-0.39, 0.29) is 5.95 Å². The van der Waals surface area contributed by atoms with E-state index in [4.69, 9.17) is 22.1 Å². The first-order valence-electron chi connectivity index (χ1n) is 4.93. The number of benzene rings is 1. The van der Waals surface area contributed by atoms with Crippen molar-refractivity contribution in [3.63, 3.8) is 0 Å². The van der Waals surface area contributed by atoms with Gasteiger partial charge in [0.15, 0.2) is 0 Å². The van der Waals surface area contributed by atoms with Crippen LogP contribution in [-0.4, -0.2) is 17.0 Å². The second kappa shape index (κ2) is 4.88. The molecule has 17 heavy (non-hydrogen) atoms. The highest BCUT2D eigenvalue weighted by Gasteiger charge is 2.04. The Balaban J connectivity index is 2.26. The third-order valence-electron chi connectivity index (χ3n) is 1.99. The number of hydrogen-bond acceptors (Lipinski definition) is 5. The minimum atomic E-state index is 0.147. The number of hydrogen-bond donors (Lipinski definition) is 2. The van der Waals surface area contributed by atoms with Crippen molar-refractivity contribution in [1.82, 2.24) is 9.97 Å². The Labute approximate surface area is 104 Å². The van der Waals surface area contributed by atoms with Gasteiger partial charge in [0.1, 0.15) is 11.6 Å². The van der Waals surface area contributed by atoms with Gasteiger partial charge in [0.2, 0.25) is 11.8 Å². The molecular formula is C11H11ClN4O. The smallest absolute Gasteiger partial charge is 0.226 e. The average molecular weight is 251 g/mol. The van der Waals surface area contributed by atoms with Crippen molar-refractivity contribution in [2.24, 2.45) is 0 Å². The van der Waals surface area contributed by atoms with E-state index in [9.17, 15) is 0 Å². The number of nitrogens with zero attached hydrogens (tertiary/aromatic N) is 2. The molecule has 1 aromatic carbocycles. The lowest BCUT2D eigenvalue weighted by Crippen LogP contribution is -2.01. The largest absolute Gasteiger partial charge is 0.439 e. The summed E-state index contributed by atoms with van der Waals surface area (Å²) in [4.78, 5) is 7.93. The molecule has 0 atom stereocenters. The minimum absolute atomic E-state index is 0.147. The normalized spacial score (nSPS) is 10.0. The molecule has 0 saturated heterocycles. The first-order chi connectivity index (χ1) is 8.17. The Kier molecular flexibility index (Phi) is 3.30. The Morgan fingerprint density at radius 2 is 2.12 bits per heavy atom. The highest BCUT2D eigenvalue weighted by Crippen LogP contribution is 2.24. The molecule has 5 nitrogen and oxygen atoms in total. The molecule has 0 radical (unpaired) electrons. The molecule has 0 aliphatic heterocycles. The van der Waals surface area contributed by atoms with Gasteiger partial charge >= 0.3 is 0 Å². The molecule has 88 valence electrons. The number of nitrogens with one attached hydrogen (secondary N) is 1. The lowest BCUT2D eigenvalue weighted by molar-refractivity contribution is 0.463. The highest BCUT2D eigenvalue weighted by molar-refractivity contribution is 6.30. The van der Waals surface area contributed by atoms with Gasteiger partial charge in [-0.1, -0.05) is 17.7 Å². The van der Waals surface area contributed by atoms with E-state index in [1.807, 2.05) is 0 Å². The summed E-state index contributed by atoms with van der Waals surface area (Å²) in [7, 11) is 1.74. The summed E-state index contributed by atoms with van der Waals surface area (Å²) in [5.74, 6) is 1.70. The zero-order valence-electron chi connectivity index (χ0n) is 9.14. The lowest BCUT2D eigenvalue weighted by Gasteiger charge is -2.07. The highest BCUT2D eigenvalue weighted by atomic mass is 35.5. The van der Waals surface area contributed by atoms with Gasteiger partial charge in [-0.25, -0.2) is 0 Å². The summed E-state index contributed by atoms with van der Waals surface area (Å²) >= 11 is 5.85. The quantitative estimate of drug-likeness (QED) is 0.876. The molecule has 0 spiro atoms. The Morgan fingerprint density at radius 3 is 2.82 bits per heavy atom. The SMILES string of the molecule is CNc1cc(Oc2cccc(Cl)c2)nc(N)n1. The van der Waals surface area contributed by atoms with Gasteiger partial charge in [0.05, 0.1) is 0 Å². The van der Waals surface area contributed by atoms with Crippen LogP contribution in [0.5, 0.6) is 11.6 Å². The van der Waals surface area contributed by atoms with E-state index in [1.165, 1.54) is 0 Å². The summed E-state index contributed by atoms with van der Waals surface area (Å²) in [6.07, 6.45) is 0. The third-order valence-corrected chi connectivity index (χ3v) is 2.23. The van der Waals surface area contributed by atoms with Crippen LogP contribution >= 0.6 is 11.6 Å². The van der Waals surface area contributed by atoms with Crippen molar-refractivity contribution < 1.29 is 4.74 Å². The Morgan fingerprint density at radius 1 is 1.29 bits per heavy atom. The van der Waals surface area contributed by atoms with Crippen LogP contribution in [0.15, 0.2) is 30.3 Å². The van der Waals surface area contributed by atoms with Gasteiger partial charge < -0.3 is 15.8 Å². The van der Waals surface area contributed by atoms with Gasteiger partial charge in [-0.15, -0.1) is 0 Å². The Bertz CT molecular complexity index is 533. The van der Waals surface area contributed by atoms with Crippen molar-refractivity contribution in [3.05, 3.63) is 35.4 Å². The molecule has 0 unspecified atom stereocenters. The van der Waals surface area contributed by atoms with Gasteiger partial charge in [-0.05, 0) is 18.2 Å². The molecule has 2 rings (SSSR count). The zero-order valence-corrected chi connectivity index (χ0v) is 9.90. The van der Waals surface area contributed by atoms with Crippen LogP contribution in [0.4, 0.5) is 11.8 Å². The number of anilines is 2. The lowest BCUT2D eigenvalue weighted by atomic mass is 10.3. The summed E-state index contributed by atoms with van der Waals surface area (Å²) in [6, 6.07) is 8.68. The first-order valence-corrected chi connectivity index (χ1v) is 5.31. The number of ether oxygens (including phenoxy) is 1. The van der Waals surface area contributed by atoms with E-state index in [0.29, 0.717) is 22.5 Å². The summed E-state index contributed by atoms with van der Waals surface area (Å²) in [5, 5.41) is 3.46. The number of aromatic nitrogens is 2. The molecule has 0 fully saturated rings. The molecule has 0 aliphatic rings. The van der Waals surface area contributed by atoms with E-state index in [2.05, 4.69) is 15.3 Å². The van der Waals surface area contributed by atoms with E-state index in [1.54, 1.807) is 37.4 Å². The van der Waals surface area contributed by atoms with Crippen molar-refractivity contribution >= 4 is 23.4 Å². The molecule has 0 aliphatic carbocycles. The van der Waals surface area contributed by atoms with Crippen LogP contribution in [0.2, 0.25) is 5.02 Å². The summed E-state index contributed by atoms with van der Waals surface area (Å²) in [6.45, 7) is 0. The molecule has 2 aromatic rings. The fourth-order valence-corrected chi connectivity index (χ4v) is 1.45. The topological polar surface area (TPSA) is 73.1 Å². The summed E-state index contributed by atoms with van der Waals surface area (Å²) in [5.41, 5.74) is 5.55. The van der Waals surface area contributed by atoms with E-state index in [0.717, 1.165) is 0 Å². The predicted octanol–water partition coefficient (Wildman–Crippen LogP) is 2.55. The molecule has 3 N–H and O–H groups in total. The maximum atomic E-state index is 5.85. The van der Waals surface area contributed by atoms with Gasteiger partial charge in [-0.3, -0.25) is 0 Å². The Hall–Kier alpha value is -2.01. The molecule has 1 heterocycles. The molecule has 0 bridgehead atoms. The van der Waals surface area contributed by atoms with E-state index < -0.39 is 0 Å². The van der Waals surface area contributed by atoms with Crippen LogP contribution in [-0.2, 0) is 0 Å². The van der Waals surface area contributed by atoms with Crippen LogP contribution in [0.25, 0.3) is 0 Å². The van der Waals surface area contributed by atoms with Crippen LogP contribution in [0, 0.1) is 0 Å². The molecule has 6 heteroatoms.